The molecule has 0 unspecified atom stereocenters. The van der Waals surface area contributed by atoms with Gasteiger partial charge in [-0.05, 0) is 24.8 Å². The van der Waals surface area contributed by atoms with E-state index in [0.29, 0.717) is 11.5 Å². The maximum absolute atomic E-state index is 14.3. The molecule has 3 rings (SSSR count). The molecule has 22 heavy (non-hydrogen) atoms. The lowest BCUT2D eigenvalue weighted by molar-refractivity contribution is 0.100. The lowest BCUT2D eigenvalue weighted by atomic mass is 9.80. The SMILES string of the molecule is Cl.Fc1ccc([C@H](C2CCCCC2)N2CCNCC2)c(F)c1. The van der Waals surface area contributed by atoms with Crippen LogP contribution in [0.5, 0.6) is 0 Å². The van der Waals surface area contributed by atoms with E-state index in [0.717, 1.165) is 45.1 Å². The number of hydrogen-bond acceptors (Lipinski definition) is 2. The molecule has 124 valence electrons. The van der Waals surface area contributed by atoms with Crippen LogP contribution in [0.3, 0.4) is 0 Å². The van der Waals surface area contributed by atoms with Crippen molar-refractivity contribution in [3.8, 4) is 0 Å². The van der Waals surface area contributed by atoms with E-state index >= 15 is 0 Å². The van der Waals surface area contributed by atoms with Crippen molar-refractivity contribution in [1.82, 2.24) is 10.2 Å². The summed E-state index contributed by atoms with van der Waals surface area (Å²) >= 11 is 0. The molecule has 2 fully saturated rings. The summed E-state index contributed by atoms with van der Waals surface area (Å²) in [5.74, 6) is -0.375. The Bertz CT molecular complexity index is 454. The summed E-state index contributed by atoms with van der Waals surface area (Å²) in [6, 6.07) is 4.20. The maximum atomic E-state index is 14.3. The van der Waals surface area contributed by atoms with E-state index in [2.05, 4.69) is 10.2 Å². The molecule has 1 atom stereocenters. The molecule has 0 bridgehead atoms. The molecular weight excluding hydrogens is 306 g/mol. The quantitative estimate of drug-likeness (QED) is 0.904. The van der Waals surface area contributed by atoms with Crippen molar-refractivity contribution in [2.45, 2.75) is 38.1 Å². The normalized spacial score (nSPS) is 22.1. The van der Waals surface area contributed by atoms with Crippen LogP contribution in [0.1, 0.15) is 43.7 Å². The molecule has 0 spiro atoms. The summed E-state index contributed by atoms with van der Waals surface area (Å²) in [5, 5.41) is 3.35. The average Bonchev–Trinajstić information content (AvgIpc) is 2.52. The number of piperazine rings is 1. The second-order valence-electron chi connectivity index (χ2n) is 6.29. The number of nitrogens with zero attached hydrogens (tertiary/aromatic N) is 1. The van der Waals surface area contributed by atoms with Crippen LogP contribution in [0.4, 0.5) is 8.78 Å². The van der Waals surface area contributed by atoms with Crippen molar-refractivity contribution >= 4 is 12.4 Å². The third kappa shape index (κ3) is 3.98. The summed E-state index contributed by atoms with van der Waals surface area (Å²) in [4.78, 5) is 2.39. The van der Waals surface area contributed by atoms with E-state index in [4.69, 9.17) is 0 Å². The Morgan fingerprint density at radius 1 is 1.05 bits per heavy atom. The minimum Gasteiger partial charge on any atom is -0.314 e. The highest BCUT2D eigenvalue weighted by Gasteiger charge is 2.32. The Kier molecular flexibility index (Phi) is 6.60. The molecule has 1 N–H and O–H groups in total. The van der Waals surface area contributed by atoms with E-state index in [1.54, 1.807) is 6.07 Å². The Hall–Kier alpha value is -0.710. The lowest BCUT2D eigenvalue weighted by Gasteiger charge is -2.41. The fraction of sp³-hybridized carbons (Fsp3) is 0.647. The number of nitrogens with one attached hydrogen (secondary N) is 1. The van der Waals surface area contributed by atoms with Gasteiger partial charge in [-0.3, -0.25) is 4.90 Å². The summed E-state index contributed by atoms with van der Waals surface area (Å²) in [7, 11) is 0. The van der Waals surface area contributed by atoms with Gasteiger partial charge in [-0.2, -0.15) is 0 Å². The van der Waals surface area contributed by atoms with Gasteiger partial charge < -0.3 is 5.32 Å². The van der Waals surface area contributed by atoms with E-state index < -0.39 is 5.82 Å². The van der Waals surface area contributed by atoms with Gasteiger partial charge in [0.05, 0.1) is 0 Å². The third-order valence-corrected chi connectivity index (χ3v) is 4.92. The Labute approximate surface area is 137 Å². The van der Waals surface area contributed by atoms with Crippen molar-refractivity contribution in [3.05, 3.63) is 35.4 Å². The summed E-state index contributed by atoms with van der Waals surface area (Å²) in [6.07, 6.45) is 6.07. The minimum atomic E-state index is -0.487. The smallest absolute Gasteiger partial charge is 0.130 e. The largest absolute Gasteiger partial charge is 0.314 e. The molecule has 2 nitrogen and oxygen atoms in total. The predicted octanol–water partition coefficient (Wildman–Crippen LogP) is 3.91. The van der Waals surface area contributed by atoms with Gasteiger partial charge in [-0.15, -0.1) is 12.4 Å². The molecular formula is C17H25ClF2N2. The highest BCUT2D eigenvalue weighted by molar-refractivity contribution is 5.85. The molecule has 1 aromatic rings. The first-order valence-corrected chi connectivity index (χ1v) is 8.15. The maximum Gasteiger partial charge on any atom is 0.130 e. The molecule has 0 amide bonds. The fourth-order valence-corrected chi connectivity index (χ4v) is 3.90. The van der Waals surface area contributed by atoms with Crippen LogP contribution in [0.2, 0.25) is 0 Å². The van der Waals surface area contributed by atoms with Crippen LogP contribution in [0, 0.1) is 17.6 Å². The molecule has 0 radical (unpaired) electrons. The zero-order valence-corrected chi connectivity index (χ0v) is 13.7. The lowest BCUT2D eigenvalue weighted by Crippen LogP contribution is -2.47. The number of benzene rings is 1. The van der Waals surface area contributed by atoms with Crippen molar-refractivity contribution in [3.63, 3.8) is 0 Å². The molecule has 1 aliphatic heterocycles. The average molecular weight is 331 g/mol. The summed E-state index contributed by atoms with van der Waals surface area (Å²) in [6.45, 7) is 3.79. The topological polar surface area (TPSA) is 15.3 Å². The molecule has 2 aliphatic rings. The van der Waals surface area contributed by atoms with Crippen LogP contribution in [-0.2, 0) is 0 Å². The van der Waals surface area contributed by atoms with Crippen LogP contribution < -0.4 is 5.32 Å². The molecule has 1 saturated carbocycles. The van der Waals surface area contributed by atoms with Gasteiger partial charge in [-0.25, -0.2) is 8.78 Å². The van der Waals surface area contributed by atoms with E-state index in [1.807, 2.05) is 0 Å². The highest BCUT2D eigenvalue weighted by atomic mass is 35.5. The van der Waals surface area contributed by atoms with Gasteiger partial charge in [0.15, 0.2) is 0 Å². The van der Waals surface area contributed by atoms with Crippen LogP contribution in [0.25, 0.3) is 0 Å². The van der Waals surface area contributed by atoms with Crippen molar-refractivity contribution in [2.75, 3.05) is 26.2 Å². The van der Waals surface area contributed by atoms with Gasteiger partial charge in [-0.1, -0.05) is 25.3 Å². The Morgan fingerprint density at radius 2 is 1.73 bits per heavy atom. The van der Waals surface area contributed by atoms with Gasteiger partial charge in [0.2, 0.25) is 0 Å². The highest BCUT2D eigenvalue weighted by Crippen LogP contribution is 2.39. The van der Waals surface area contributed by atoms with E-state index in [1.165, 1.54) is 25.3 Å². The number of hydrogen-bond donors (Lipinski definition) is 1. The molecule has 1 aliphatic carbocycles. The van der Waals surface area contributed by atoms with Crippen molar-refractivity contribution < 1.29 is 8.78 Å². The number of halogens is 3. The number of rotatable bonds is 3. The second-order valence-corrected chi connectivity index (χ2v) is 6.29. The monoisotopic (exact) mass is 330 g/mol. The van der Waals surface area contributed by atoms with Gasteiger partial charge >= 0.3 is 0 Å². The van der Waals surface area contributed by atoms with Crippen LogP contribution in [-0.4, -0.2) is 31.1 Å². The minimum absolute atomic E-state index is 0. The van der Waals surface area contributed by atoms with E-state index in [9.17, 15) is 8.78 Å². The second kappa shape index (κ2) is 8.23. The van der Waals surface area contributed by atoms with Gasteiger partial charge in [0.25, 0.3) is 0 Å². The van der Waals surface area contributed by atoms with Crippen LogP contribution >= 0.6 is 12.4 Å². The van der Waals surface area contributed by atoms with E-state index in [-0.39, 0.29) is 24.3 Å². The standard InChI is InChI=1S/C17H24F2N2.ClH/c18-14-6-7-15(16(19)12-14)17(13-4-2-1-3-5-13)21-10-8-20-9-11-21;/h6-7,12-13,17,20H,1-5,8-11H2;1H/t17-;/m0./s1. The zero-order chi connectivity index (χ0) is 14.7. The molecule has 0 aromatic heterocycles. The molecule has 1 saturated heterocycles. The van der Waals surface area contributed by atoms with Crippen molar-refractivity contribution in [1.29, 1.82) is 0 Å². The Morgan fingerprint density at radius 3 is 2.36 bits per heavy atom. The first-order valence-electron chi connectivity index (χ1n) is 8.15. The van der Waals surface area contributed by atoms with Gasteiger partial charge in [0, 0.05) is 43.9 Å². The van der Waals surface area contributed by atoms with Crippen LogP contribution in [0.15, 0.2) is 18.2 Å². The first kappa shape index (κ1) is 17.6. The Balaban J connectivity index is 0.00000176. The summed E-state index contributed by atoms with van der Waals surface area (Å²) in [5.41, 5.74) is 0.685. The van der Waals surface area contributed by atoms with Crippen molar-refractivity contribution in [2.24, 2.45) is 5.92 Å². The van der Waals surface area contributed by atoms with Gasteiger partial charge in [0.1, 0.15) is 11.6 Å². The summed E-state index contributed by atoms with van der Waals surface area (Å²) < 4.78 is 27.6. The predicted molar refractivity (Wildman–Crippen MR) is 87.4 cm³/mol. The molecule has 1 aromatic carbocycles. The zero-order valence-electron chi connectivity index (χ0n) is 12.9. The molecule has 5 heteroatoms. The molecule has 1 heterocycles. The third-order valence-electron chi connectivity index (χ3n) is 4.92. The first-order chi connectivity index (χ1) is 10.3. The fourth-order valence-electron chi connectivity index (χ4n) is 3.90.